The lowest BCUT2D eigenvalue weighted by Gasteiger charge is -2.36. The van der Waals surface area contributed by atoms with Crippen molar-refractivity contribution in [1.29, 1.82) is 0 Å². The quantitative estimate of drug-likeness (QED) is 0.843. The third-order valence-electron chi connectivity index (χ3n) is 4.30. The molecule has 3 rings (SSSR count). The van der Waals surface area contributed by atoms with E-state index in [1.807, 2.05) is 17.6 Å². The number of likely N-dealkylation sites (tertiary alicyclic amines) is 1. The summed E-state index contributed by atoms with van der Waals surface area (Å²) in [4.78, 5) is 19.0. The molecule has 0 bridgehead atoms. The van der Waals surface area contributed by atoms with Crippen LogP contribution in [0.1, 0.15) is 36.3 Å². The highest BCUT2D eigenvalue weighted by Gasteiger charge is 2.26. The summed E-state index contributed by atoms with van der Waals surface area (Å²) in [5.74, 6) is 0.288. The fourth-order valence-corrected chi connectivity index (χ4v) is 3.78. The molecule has 2 heterocycles. The molecule has 0 N–H and O–H groups in total. The molecular weight excluding hydrogens is 292 g/mol. The second-order valence-corrected chi connectivity index (χ2v) is 6.83. The van der Waals surface area contributed by atoms with Crippen LogP contribution in [-0.4, -0.2) is 28.4 Å². The van der Waals surface area contributed by atoms with E-state index < -0.39 is 0 Å². The zero-order valence-corrected chi connectivity index (χ0v) is 13.6. The van der Waals surface area contributed by atoms with Crippen LogP contribution in [0.15, 0.2) is 41.9 Å². The number of rotatable bonds is 5. The van der Waals surface area contributed by atoms with Crippen molar-refractivity contribution in [3.63, 3.8) is 0 Å². The molecule has 0 saturated carbocycles. The molecule has 0 radical (unpaired) electrons. The molecule has 1 aliphatic rings. The minimum atomic E-state index is 0.288. The van der Waals surface area contributed by atoms with Gasteiger partial charge in [-0.05, 0) is 31.2 Å². The van der Waals surface area contributed by atoms with Gasteiger partial charge in [0.15, 0.2) is 0 Å². The van der Waals surface area contributed by atoms with Gasteiger partial charge in [-0.1, -0.05) is 30.3 Å². The van der Waals surface area contributed by atoms with Crippen molar-refractivity contribution in [2.24, 2.45) is 0 Å². The monoisotopic (exact) mass is 314 g/mol. The van der Waals surface area contributed by atoms with Gasteiger partial charge in [0.25, 0.3) is 0 Å². The maximum absolute atomic E-state index is 12.6. The molecule has 1 amide bonds. The smallest absolute Gasteiger partial charge is 0.223 e. The highest BCUT2D eigenvalue weighted by Crippen LogP contribution is 2.22. The summed E-state index contributed by atoms with van der Waals surface area (Å²) in [6.07, 6.45) is 7.62. The topological polar surface area (TPSA) is 33.2 Å². The molecule has 4 heteroatoms. The zero-order chi connectivity index (χ0) is 15.2. The summed E-state index contributed by atoms with van der Waals surface area (Å²) >= 11 is 1.63. The van der Waals surface area contributed by atoms with Crippen molar-refractivity contribution >= 4 is 17.2 Å². The molecule has 0 unspecified atom stereocenters. The van der Waals surface area contributed by atoms with Crippen LogP contribution in [0, 0.1) is 0 Å². The molecule has 0 spiro atoms. The summed E-state index contributed by atoms with van der Waals surface area (Å²) in [6.45, 7) is 0.911. The minimum Gasteiger partial charge on any atom is -0.339 e. The Morgan fingerprint density at radius 2 is 2.14 bits per heavy atom. The van der Waals surface area contributed by atoms with Crippen molar-refractivity contribution in [3.05, 3.63) is 52.5 Å². The Balaban J connectivity index is 1.60. The number of aromatic nitrogens is 1. The van der Waals surface area contributed by atoms with Gasteiger partial charge in [0.05, 0.1) is 5.01 Å². The van der Waals surface area contributed by atoms with Crippen LogP contribution >= 0.6 is 11.3 Å². The molecule has 1 atom stereocenters. The molecule has 1 fully saturated rings. The third kappa shape index (κ3) is 3.95. The van der Waals surface area contributed by atoms with E-state index in [4.69, 9.17) is 0 Å². The van der Waals surface area contributed by atoms with Crippen LogP contribution in [0.2, 0.25) is 0 Å². The molecule has 1 aromatic carbocycles. The Hall–Kier alpha value is -1.68. The average Bonchev–Trinajstić information content (AvgIpc) is 3.08. The molecular formula is C18H22N2OS. The van der Waals surface area contributed by atoms with E-state index in [1.165, 1.54) is 12.0 Å². The standard InChI is InChI=1S/C18H22N2OS/c21-18(10-9-17-19-11-13-22-17)20-12-5-4-8-16(20)14-15-6-2-1-3-7-15/h1-3,6-7,11,13,16H,4-5,8-10,12,14H2/t16-/m1/s1. The Morgan fingerprint density at radius 1 is 1.27 bits per heavy atom. The van der Waals surface area contributed by atoms with Crippen LogP contribution < -0.4 is 0 Å². The summed E-state index contributed by atoms with van der Waals surface area (Å²) in [5.41, 5.74) is 1.33. The molecule has 0 aliphatic carbocycles. The fraction of sp³-hybridized carbons (Fsp3) is 0.444. The number of nitrogens with zero attached hydrogens (tertiary/aromatic N) is 2. The number of amides is 1. The first-order chi connectivity index (χ1) is 10.8. The van der Waals surface area contributed by atoms with Crippen molar-refractivity contribution in [3.8, 4) is 0 Å². The number of aryl methyl sites for hydroxylation is 1. The summed E-state index contributed by atoms with van der Waals surface area (Å²) in [6, 6.07) is 10.9. The van der Waals surface area contributed by atoms with E-state index in [2.05, 4.69) is 34.1 Å². The van der Waals surface area contributed by atoms with Gasteiger partial charge in [-0.2, -0.15) is 0 Å². The van der Waals surface area contributed by atoms with E-state index in [9.17, 15) is 4.79 Å². The lowest BCUT2D eigenvalue weighted by molar-refractivity contribution is -0.134. The van der Waals surface area contributed by atoms with Crippen LogP contribution in [0.25, 0.3) is 0 Å². The van der Waals surface area contributed by atoms with Crippen LogP contribution in [0.3, 0.4) is 0 Å². The Labute approximate surface area is 136 Å². The van der Waals surface area contributed by atoms with Crippen LogP contribution in [-0.2, 0) is 17.6 Å². The molecule has 1 saturated heterocycles. The summed E-state index contributed by atoms with van der Waals surface area (Å²) in [7, 11) is 0. The first-order valence-electron chi connectivity index (χ1n) is 8.04. The Bertz CT molecular complexity index is 582. The van der Waals surface area contributed by atoms with E-state index in [-0.39, 0.29) is 5.91 Å². The van der Waals surface area contributed by atoms with Crippen molar-refractivity contribution in [2.45, 2.75) is 44.6 Å². The van der Waals surface area contributed by atoms with E-state index in [0.717, 1.165) is 37.2 Å². The summed E-state index contributed by atoms with van der Waals surface area (Å²) < 4.78 is 0. The second kappa shape index (κ2) is 7.54. The van der Waals surface area contributed by atoms with Gasteiger partial charge >= 0.3 is 0 Å². The number of carbonyl (C=O) groups is 1. The molecule has 1 aromatic heterocycles. The van der Waals surface area contributed by atoms with Crippen molar-refractivity contribution < 1.29 is 4.79 Å². The average molecular weight is 314 g/mol. The number of benzene rings is 1. The number of thiazole rings is 1. The van der Waals surface area contributed by atoms with Gasteiger partial charge in [0.1, 0.15) is 0 Å². The van der Waals surface area contributed by atoms with Gasteiger partial charge in [0.2, 0.25) is 5.91 Å². The van der Waals surface area contributed by atoms with Gasteiger partial charge < -0.3 is 4.90 Å². The van der Waals surface area contributed by atoms with Crippen molar-refractivity contribution in [2.75, 3.05) is 6.54 Å². The second-order valence-electron chi connectivity index (χ2n) is 5.85. The highest BCUT2D eigenvalue weighted by atomic mass is 32.1. The molecule has 1 aliphatic heterocycles. The maximum Gasteiger partial charge on any atom is 0.223 e. The number of hydrogen-bond acceptors (Lipinski definition) is 3. The maximum atomic E-state index is 12.6. The van der Waals surface area contributed by atoms with Gasteiger partial charge in [-0.3, -0.25) is 4.79 Å². The van der Waals surface area contributed by atoms with Gasteiger partial charge in [0, 0.05) is 37.0 Å². The molecule has 116 valence electrons. The predicted octanol–water partition coefficient (Wildman–Crippen LogP) is 3.70. The third-order valence-corrected chi connectivity index (χ3v) is 5.14. The zero-order valence-electron chi connectivity index (χ0n) is 12.8. The summed E-state index contributed by atoms with van der Waals surface area (Å²) in [5, 5.41) is 3.03. The van der Waals surface area contributed by atoms with Crippen molar-refractivity contribution in [1.82, 2.24) is 9.88 Å². The number of hydrogen-bond donors (Lipinski definition) is 0. The van der Waals surface area contributed by atoms with Crippen LogP contribution in [0.4, 0.5) is 0 Å². The van der Waals surface area contributed by atoms with E-state index in [1.54, 1.807) is 11.3 Å². The lowest BCUT2D eigenvalue weighted by atomic mass is 9.95. The SMILES string of the molecule is O=C(CCc1nccs1)N1CCCC[C@@H]1Cc1ccccc1. The van der Waals surface area contributed by atoms with Gasteiger partial charge in [-0.25, -0.2) is 4.98 Å². The van der Waals surface area contributed by atoms with Crippen LogP contribution in [0.5, 0.6) is 0 Å². The fourth-order valence-electron chi connectivity index (χ4n) is 3.16. The van der Waals surface area contributed by atoms with E-state index >= 15 is 0 Å². The Morgan fingerprint density at radius 3 is 2.91 bits per heavy atom. The lowest BCUT2D eigenvalue weighted by Crippen LogP contribution is -2.44. The van der Waals surface area contributed by atoms with E-state index in [0.29, 0.717) is 12.5 Å². The number of carbonyl (C=O) groups excluding carboxylic acids is 1. The largest absolute Gasteiger partial charge is 0.339 e. The molecule has 2 aromatic rings. The highest BCUT2D eigenvalue weighted by molar-refractivity contribution is 7.09. The molecule has 22 heavy (non-hydrogen) atoms. The minimum absolute atomic E-state index is 0.288. The Kier molecular flexibility index (Phi) is 5.22. The van der Waals surface area contributed by atoms with Gasteiger partial charge in [-0.15, -0.1) is 11.3 Å². The first-order valence-corrected chi connectivity index (χ1v) is 8.92. The predicted molar refractivity (Wildman–Crippen MR) is 89.9 cm³/mol. The molecule has 3 nitrogen and oxygen atoms in total. The normalized spacial score (nSPS) is 18.4. The number of piperidine rings is 1. The first kappa shape index (κ1) is 15.2.